The molecule has 5 heteroatoms. The molecule has 134 valence electrons. The second-order valence-electron chi connectivity index (χ2n) is 6.40. The zero-order chi connectivity index (χ0) is 18.5. The first-order valence-electron chi connectivity index (χ1n) is 8.63. The number of aryl methyl sites for hydroxylation is 2. The highest BCUT2D eigenvalue weighted by Gasteiger charge is 2.06. The van der Waals surface area contributed by atoms with Gasteiger partial charge in [0.15, 0.2) is 0 Å². The van der Waals surface area contributed by atoms with Crippen LogP contribution in [0.1, 0.15) is 16.7 Å². The molecule has 5 nitrogen and oxygen atoms in total. The number of methoxy groups -OCH3 is 1. The van der Waals surface area contributed by atoms with Crippen LogP contribution in [0.5, 0.6) is 5.75 Å². The summed E-state index contributed by atoms with van der Waals surface area (Å²) < 4.78 is 5.18. The molecule has 3 aromatic rings. The summed E-state index contributed by atoms with van der Waals surface area (Å²) >= 11 is 0. The third kappa shape index (κ3) is 4.51. The smallest absolute Gasteiger partial charge is 0.222 e. The van der Waals surface area contributed by atoms with Crippen molar-refractivity contribution in [3.8, 4) is 17.0 Å². The Hall–Kier alpha value is -3.08. The van der Waals surface area contributed by atoms with Crippen molar-refractivity contribution >= 4 is 11.8 Å². The molecule has 0 radical (unpaired) electrons. The van der Waals surface area contributed by atoms with Crippen molar-refractivity contribution in [1.82, 2.24) is 9.97 Å². The Morgan fingerprint density at radius 3 is 2.31 bits per heavy atom. The fourth-order valence-electron chi connectivity index (χ4n) is 2.95. The van der Waals surface area contributed by atoms with Crippen LogP contribution in [0.15, 0.2) is 48.5 Å². The van der Waals surface area contributed by atoms with Gasteiger partial charge in [-0.25, -0.2) is 4.98 Å². The summed E-state index contributed by atoms with van der Waals surface area (Å²) in [6.45, 7) is 4.92. The normalized spacial score (nSPS) is 10.6. The van der Waals surface area contributed by atoms with E-state index >= 15 is 0 Å². The van der Waals surface area contributed by atoms with Gasteiger partial charge in [0, 0.05) is 18.2 Å². The number of nitrogens with zero attached hydrogens (tertiary/aromatic N) is 2. The number of hydrogen-bond acceptors (Lipinski definition) is 5. The minimum Gasteiger partial charge on any atom is -0.497 e. The lowest BCUT2D eigenvalue weighted by molar-refractivity contribution is 0.414. The minimum atomic E-state index is 0.272. The van der Waals surface area contributed by atoms with Crippen molar-refractivity contribution in [3.05, 3.63) is 65.2 Å². The number of aromatic nitrogens is 2. The summed E-state index contributed by atoms with van der Waals surface area (Å²) in [6, 6.07) is 16.4. The lowest BCUT2D eigenvalue weighted by Crippen LogP contribution is -2.08. The van der Waals surface area contributed by atoms with Gasteiger partial charge < -0.3 is 15.8 Å². The van der Waals surface area contributed by atoms with E-state index in [1.165, 1.54) is 16.7 Å². The molecule has 0 fully saturated rings. The summed E-state index contributed by atoms with van der Waals surface area (Å²) in [5, 5.41) is 3.34. The predicted octanol–water partition coefficient (Wildman–Crippen LogP) is 4.01. The minimum absolute atomic E-state index is 0.272. The number of nitrogens with one attached hydrogen (secondary N) is 1. The quantitative estimate of drug-likeness (QED) is 0.704. The molecule has 0 aliphatic heterocycles. The first-order chi connectivity index (χ1) is 12.5. The van der Waals surface area contributed by atoms with E-state index in [9.17, 15) is 0 Å². The number of benzene rings is 2. The molecule has 0 unspecified atom stereocenters. The molecule has 2 aromatic carbocycles. The van der Waals surface area contributed by atoms with E-state index in [-0.39, 0.29) is 5.95 Å². The summed E-state index contributed by atoms with van der Waals surface area (Å²) in [5.74, 6) is 1.87. The summed E-state index contributed by atoms with van der Waals surface area (Å²) in [6.07, 6.45) is 0.882. The van der Waals surface area contributed by atoms with Gasteiger partial charge in [-0.05, 0) is 50.1 Å². The second kappa shape index (κ2) is 7.87. The highest BCUT2D eigenvalue weighted by atomic mass is 16.5. The fraction of sp³-hybridized carbons (Fsp3) is 0.238. The molecule has 0 bridgehead atoms. The molecule has 0 amide bonds. The van der Waals surface area contributed by atoms with Gasteiger partial charge in [0.2, 0.25) is 5.95 Å². The number of anilines is 2. The van der Waals surface area contributed by atoms with E-state index < -0.39 is 0 Å². The van der Waals surface area contributed by atoms with Crippen molar-refractivity contribution in [1.29, 1.82) is 0 Å². The molecule has 26 heavy (non-hydrogen) atoms. The third-order valence-corrected chi connectivity index (χ3v) is 4.14. The number of ether oxygens (including phenoxy) is 1. The van der Waals surface area contributed by atoms with Gasteiger partial charge >= 0.3 is 0 Å². The van der Waals surface area contributed by atoms with Gasteiger partial charge in [-0.3, -0.25) is 0 Å². The van der Waals surface area contributed by atoms with Crippen LogP contribution in [0, 0.1) is 13.8 Å². The summed E-state index contributed by atoms with van der Waals surface area (Å²) in [5.41, 5.74) is 11.4. The fourth-order valence-corrected chi connectivity index (χ4v) is 2.95. The molecule has 1 aromatic heterocycles. The van der Waals surface area contributed by atoms with Gasteiger partial charge in [-0.1, -0.05) is 29.3 Å². The first-order valence-corrected chi connectivity index (χ1v) is 8.63. The average molecular weight is 348 g/mol. The first kappa shape index (κ1) is 17.7. The SMILES string of the molecule is COc1ccc(CCNc2cc(-c3cc(C)cc(C)c3)nc(N)n2)cc1. The van der Waals surface area contributed by atoms with Crippen LogP contribution in [-0.2, 0) is 6.42 Å². The Morgan fingerprint density at radius 2 is 1.65 bits per heavy atom. The van der Waals surface area contributed by atoms with Crippen LogP contribution in [0.4, 0.5) is 11.8 Å². The van der Waals surface area contributed by atoms with Crippen LogP contribution in [0.25, 0.3) is 11.3 Å². The van der Waals surface area contributed by atoms with Crippen LogP contribution in [0.2, 0.25) is 0 Å². The average Bonchev–Trinajstić information content (AvgIpc) is 2.61. The van der Waals surface area contributed by atoms with Gasteiger partial charge in [0.1, 0.15) is 11.6 Å². The molecule has 3 N–H and O–H groups in total. The van der Waals surface area contributed by atoms with Crippen LogP contribution in [0.3, 0.4) is 0 Å². The molecule has 3 rings (SSSR count). The Balaban J connectivity index is 1.71. The van der Waals surface area contributed by atoms with Crippen LogP contribution in [-0.4, -0.2) is 23.6 Å². The molecular weight excluding hydrogens is 324 g/mol. The van der Waals surface area contributed by atoms with Gasteiger partial charge in [-0.2, -0.15) is 4.98 Å². The molecule has 0 atom stereocenters. The summed E-state index contributed by atoms with van der Waals surface area (Å²) in [4.78, 5) is 8.68. The topological polar surface area (TPSA) is 73.1 Å². The van der Waals surface area contributed by atoms with Crippen molar-refractivity contribution in [2.75, 3.05) is 24.7 Å². The Bertz CT molecular complexity index is 871. The number of hydrogen-bond donors (Lipinski definition) is 2. The van der Waals surface area contributed by atoms with Crippen molar-refractivity contribution in [2.24, 2.45) is 0 Å². The molecule has 0 spiro atoms. The molecule has 1 heterocycles. The maximum absolute atomic E-state index is 5.91. The zero-order valence-corrected chi connectivity index (χ0v) is 15.4. The highest BCUT2D eigenvalue weighted by Crippen LogP contribution is 2.23. The predicted molar refractivity (Wildman–Crippen MR) is 107 cm³/mol. The van der Waals surface area contributed by atoms with E-state index in [1.807, 2.05) is 18.2 Å². The molecular formula is C21H24N4O. The van der Waals surface area contributed by atoms with E-state index in [2.05, 4.69) is 59.5 Å². The van der Waals surface area contributed by atoms with E-state index in [1.54, 1.807) is 7.11 Å². The zero-order valence-electron chi connectivity index (χ0n) is 15.4. The molecule has 0 saturated carbocycles. The van der Waals surface area contributed by atoms with Crippen LogP contribution < -0.4 is 15.8 Å². The van der Waals surface area contributed by atoms with Crippen molar-refractivity contribution in [3.63, 3.8) is 0 Å². The van der Waals surface area contributed by atoms with E-state index in [0.29, 0.717) is 0 Å². The van der Waals surface area contributed by atoms with Crippen molar-refractivity contribution < 1.29 is 4.74 Å². The lowest BCUT2D eigenvalue weighted by Gasteiger charge is -2.10. The van der Waals surface area contributed by atoms with Gasteiger partial charge in [0.25, 0.3) is 0 Å². The molecule has 0 aliphatic rings. The number of rotatable bonds is 6. The summed E-state index contributed by atoms with van der Waals surface area (Å²) in [7, 11) is 1.67. The van der Waals surface area contributed by atoms with Crippen molar-refractivity contribution in [2.45, 2.75) is 20.3 Å². The maximum atomic E-state index is 5.91. The van der Waals surface area contributed by atoms with Gasteiger partial charge in [-0.15, -0.1) is 0 Å². The number of nitrogen functional groups attached to an aromatic ring is 1. The maximum Gasteiger partial charge on any atom is 0.222 e. The Labute approximate surface area is 154 Å². The molecule has 0 saturated heterocycles. The second-order valence-corrected chi connectivity index (χ2v) is 6.40. The van der Waals surface area contributed by atoms with E-state index in [4.69, 9.17) is 10.5 Å². The highest BCUT2D eigenvalue weighted by molar-refractivity contribution is 5.65. The standard InChI is InChI=1S/C21H24N4O/c1-14-10-15(2)12-17(11-14)19-13-20(25-21(22)24-19)23-9-8-16-4-6-18(26-3)7-5-16/h4-7,10-13H,8-9H2,1-3H3,(H3,22,23,24,25). The van der Waals surface area contributed by atoms with E-state index in [0.717, 1.165) is 35.8 Å². The largest absolute Gasteiger partial charge is 0.497 e. The van der Waals surface area contributed by atoms with Gasteiger partial charge in [0.05, 0.1) is 12.8 Å². The monoisotopic (exact) mass is 348 g/mol. The Kier molecular flexibility index (Phi) is 5.37. The lowest BCUT2D eigenvalue weighted by atomic mass is 10.0. The Morgan fingerprint density at radius 1 is 0.962 bits per heavy atom. The third-order valence-electron chi connectivity index (χ3n) is 4.14. The number of nitrogens with two attached hydrogens (primary N) is 1. The van der Waals surface area contributed by atoms with Crippen LogP contribution >= 0.6 is 0 Å². The molecule has 0 aliphatic carbocycles.